The van der Waals surface area contributed by atoms with Gasteiger partial charge in [0.1, 0.15) is 5.82 Å². The van der Waals surface area contributed by atoms with Crippen molar-refractivity contribution in [1.82, 2.24) is 19.3 Å². The fourth-order valence-corrected chi connectivity index (χ4v) is 6.75. The maximum Gasteiger partial charge on any atom is 0.191 e. The summed E-state index contributed by atoms with van der Waals surface area (Å²) in [6, 6.07) is 1.83. The minimum atomic E-state index is -2.97. The Balaban J connectivity index is 1.49. The highest BCUT2D eigenvalue weighted by Gasteiger charge is 2.32. The molecular formula is C19H26N4O3S2. The van der Waals surface area contributed by atoms with Gasteiger partial charge < -0.3 is 9.13 Å². The van der Waals surface area contributed by atoms with E-state index in [2.05, 4.69) is 21.7 Å². The van der Waals surface area contributed by atoms with E-state index >= 15 is 0 Å². The normalized spacial score (nSPS) is 21.3. The summed E-state index contributed by atoms with van der Waals surface area (Å²) >= 11 is 1.43. The SMILES string of the molecule is CCn1c(SCC(=O)c2cc(C)n([C@@H]3CCS(=O)(=O)C3)c2C)nnc1C1CC1. The standard InChI is InChI=1S/C19H26N4O3S2/c1-4-22-18(14-5-6-14)20-21-19(22)27-10-17(24)16-9-12(2)23(13(16)3)15-7-8-28(25,26)11-15/h9,14-15H,4-8,10-11H2,1-3H3/t15-/m1/s1. The summed E-state index contributed by atoms with van der Waals surface area (Å²) in [4.78, 5) is 12.9. The third kappa shape index (κ3) is 3.66. The molecule has 2 aromatic rings. The number of nitrogens with zero attached hydrogens (tertiary/aromatic N) is 4. The maximum absolute atomic E-state index is 12.9. The molecule has 0 unspecified atom stereocenters. The number of hydrogen-bond acceptors (Lipinski definition) is 6. The van der Waals surface area contributed by atoms with E-state index in [1.54, 1.807) is 0 Å². The van der Waals surface area contributed by atoms with E-state index in [1.807, 2.05) is 24.5 Å². The zero-order valence-electron chi connectivity index (χ0n) is 16.5. The highest BCUT2D eigenvalue weighted by atomic mass is 32.2. The molecule has 3 heterocycles. The molecule has 9 heteroatoms. The van der Waals surface area contributed by atoms with Gasteiger partial charge in [-0.05, 0) is 46.1 Å². The van der Waals surface area contributed by atoms with Crippen molar-refractivity contribution in [2.45, 2.75) is 63.7 Å². The van der Waals surface area contributed by atoms with Gasteiger partial charge in [0.05, 0.1) is 17.3 Å². The number of sulfone groups is 1. The molecule has 152 valence electrons. The predicted molar refractivity (Wildman–Crippen MR) is 109 cm³/mol. The van der Waals surface area contributed by atoms with Gasteiger partial charge in [0.2, 0.25) is 0 Å². The fourth-order valence-electron chi connectivity index (χ4n) is 4.16. The average molecular weight is 423 g/mol. The van der Waals surface area contributed by atoms with Gasteiger partial charge in [-0.25, -0.2) is 8.42 Å². The first-order valence-corrected chi connectivity index (χ1v) is 12.6. The third-order valence-corrected chi connectivity index (χ3v) is 8.41. The van der Waals surface area contributed by atoms with Crippen LogP contribution < -0.4 is 0 Å². The molecule has 2 aromatic heterocycles. The number of carbonyl (C=O) groups excluding carboxylic acids is 1. The first-order chi connectivity index (χ1) is 13.3. The van der Waals surface area contributed by atoms with E-state index in [-0.39, 0.29) is 23.3 Å². The molecule has 1 aliphatic heterocycles. The molecule has 1 aliphatic carbocycles. The van der Waals surface area contributed by atoms with Gasteiger partial charge in [-0.15, -0.1) is 10.2 Å². The Morgan fingerprint density at radius 3 is 2.61 bits per heavy atom. The van der Waals surface area contributed by atoms with Crippen LogP contribution in [0.2, 0.25) is 0 Å². The van der Waals surface area contributed by atoms with Crippen LogP contribution in [0.3, 0.4) is 0 Å². The van der Waals surface area contributed by atoms with Crippen molar-refractivity contribution in [2.24, 2.45) is 0 Å². The molecule has 2 fully saturated rings. The highest BCUT2D eigenvalue weighted by Crippen LogP contribution is 2.40. The Morgan fingerprint density at radius 1 is 1.25 bits per heavy atom. The van der Waals surface area contributed by atoms with Crippen LogP contribution in [0.25, 0.3) is 0 Å². The number of aryl methyl sites for hydroxylation is 1. The largest absolute Gasteiger partial charge is 0.344 e. The number of hydrogen-bond donors (Lipinski definition) is 0. The first-order valence-electron chi connectivity index (χ1n) is 9.78. The van der Waals surface area contributed by atoms with Crippen LogP contribution in [0, 0.1) is 13.8 Å². The zero-order valence-corrected chi connectivity index (χ0v) is 18.1. The number of rotatable bonds is 7. The van der Waals surface area contributed by atoms with Crippen LogP contribution in [-0.4, -0.2) is 50.8 Å². The number of aromatic nitrogens is 4. The molecule has 1 saturated carbocycles. The number of ketones is 1. The Labute approximate surface area is 169 Å². The van der Waals surface area contributed by atoms with Crippen molar-refractivity contribution >= 4 is 27.4 Å². The summed E-state index contributed by atoms with van der Waals surface area (Å²) in [5.74, 6) is 2.30. The zero-order chi connectivity index (χ0) is 20.1. The van der Waals surface area contributed by atoms with Crippen LogP contribution in [-0.2, 0) is 16.4 Å². The highest BCUT2D eigenvalue weighted by molar-refractivity contribution is 7.99. The van der Waals surface area contributed by atoms with Crippen molar-refractivity contribution in [3.8, 4) is 0 Å². The number of thioether (sulfide) groups is 1. The molecule has 1 atom stereocenters. The van der Waals surface area contributed by atoms with E-state index in [0.29, 0.717) is 23.7 Å². The smallest absolute Gasteiger partial charge is 0.191 e. The minimum Gasteiger partial charge on any atom is -0.344 e. The molecule has 7 nitrogen and oxygen atoms in total. The van der Waals surface area contributed by atoms with Crippen LogP contribution in [0.1, 0.15) is 65.7 Å². The summed E-state index contributed by atoms with van der Waals surface area (Å²) in [5.41, 5.74) is 2.49. The van der Waals surface area contributed by atoms with E-state index in [0.717, 1.165) is 28.9 Å². The lowest BCUT2D eigenvalue weighted by Crippen LogP contribution is -2.14. The summed E-state index contributed by atoms with van der Waals surface area (Å²) < 4.78 is 27.8. The topological polar surface area (TPSA) is 86.9 Å². The van der Waals surface area contributed by atoms with Crippen LogP contribution >= 0.6 is 11.8 Å². The van der Waals surface area contributed by atoms with E-state index < -0.39 is 9.84 Å². The lowest BCUT2D eigenvalue weighted by Gasteiger charge is -2.16. The molecule has 0 radical (unpaired) electrons. The van der Waals surface area contributed by atoms with Gasteiger partial charge in [-0.2, -0.15) is 0 Å². The lowest BCUT2D eigenvalue weighted by molar-refractivity contribution is 0.102. The average Bonchev–Trinajstić information content (AvgIpc) is 3.21. The fraction of sp³-hybridized carbons (Fsp3) is 0.632. The predicted octanol–water partition coefficient (Wildman–Crippen LogP) is 2.93. The Bertz CT molecular complexity index is 1020. The summed E-state index contributed by atoms with van der Waals surface area (Å²) in [6.45, 7) is 6.73. The molecule has 0 bridgehead atoms. The molecule has 0 spiro atoms. The Morgan fingerprint density at radius 2 is 2.00 bits per heavy atom. The second-order valence-electron chi connectivity index (χ2n) is 7.78. The Kier molecular flexibility index (Phi) is 5.16. The van der Waals surface area contributed by atoms with Crippen LogP contribution in [0.4, 0.5) is 0 Å². The number of carbonyl (C=O) groups is 1. The van der Waals surface area contributed by atoms with E-state index in [1.165, 1.54) is 24.6 Å². The van der Waals surface area contributed by atoms with Gasteiger partial charge in [-0.3, -0.25) is 4.79 Å². The van der Waals surface area contributed by atoms with Gasteiger partial charge in [0.25, 0.3) is 0 Å². The van der Waals surface area contributed by atoms with Crippen molar-refractivity contribution in [1.29, 1.82) is 0 Å². The molecular weight excluding hydrogens is 396 g/mol. The van der Waals surface area contributed by atoms with Gasteiger partial charge >= 0.3 is 0 Å². The molecule has 4 rings (SSSR count). The molecule has 0 amide bonds. The number of Topliss-reactive ketones (excluding diaryl/α,β-unsaturated/α-hetero) is 1. The second-order valence-corrected chi connectivity index (χ2v) is 11.0. The van der Waals surface area contributed by atoms with Gasteiger partial charge in [0.15, 0.2) is 20.8 Å². The molecule has 0 N–H and O–H groups in total. The minimum absolute atomic E-state index is 0.0452. The second kappa shape index (κ2) is 7.33. The van der Waals surface area contributed by atoms with Gasteiger partial charge in [-0.1, -0.05) is 11.8 Å². The van der Waals surface area contributed by atoms with Crippen LogP contribution in [0.15, 0.2) is 11.2 Å². The summed E-state index contributed by atoms with van der Waals surface area (Å²) in [6.07, 6.45) is 2.96. The summed E-state index contributed by atoms with van der Waals surface area (Å²) in [5, 5.41) is 9.41. The monoisotopic (exact) mass is 422 g/mol. The molecule has 0 aromatic carbocycles. The molecule has 28 heavy (non-hydrogen) atoms. The van der Waals surface area contributed by atoms with E-state index in [4.69, 9.17) is 0 Å². The van der Waals surface area contributed by atoms with E-state index in [9.17, 15) is 13.2 Å². The maximum atomic E-state index is 12.9. The third-order valence-electron chi connectivity index (χ3n) is 5.69. The first kappa shape index (κ1) is 19.7. The lowest BCUT2D eigenvalue weighted by atomic mass is 10.2. The van der Waals surface area contributed by atoms with Crippen molar-refractivity contribution in [2.75, 3.05) is 17.3 Å². The van der Waals surface area contributed by atoms with Gasteiger partial charge in [0, 0.05) is 35.5 Å². The van der Waals surface area contributed by atoms with Crippen molar-refractivity contribution in [3.63, 3.8) is 0 Å². The molecule has 1 saturated heterocycles. The molecule has 2 aliphatic rings. The van der Waals surface area contributed by atoms with Crippen LogP contribution in [0.5, 0.6) is 0 Å². The quantitative estimate of drug-likeness (QED) is 0.504. The summed E-state index contributed by atoms with van der Waals surface area (Å²) in [7, 11) is -2.97. The van der Waals surface area contributed by atoms with Crippen molar-refractivity contribution < 1.29 is 13.2 Å². The van der Waals surface area contributed by atoms with Crippen molar-refractivity contribution in [3.05, 3.63) is 28.8 Å². The Hall–Kier alpha value is -1.61.